The van der Waals surface area contributed by atoms with Gasteiger partial charge in [0.15, 0.2) is 17.5 Å². The van der Waals surface area contributed by atoms with E-state index in [9.17, 15) is 0 Å². The SMILES string of the molecule is [2H]c1c([2H])c([2H])c(-c2nc(-c3ccccc3)nc(-c3cccc4c3oc3c(-c5cccc6c5oc5ccccc56)cccc34)n2)c([2H])c1[2H]. The van der Waals surface area contributed by atoms with Crippen molar-refractivity contribution in [1.82, 2.24) is 15.0 Å². The molecule has 206 valence electrons. The van der Waals surface area contributed by atoms with Crippen LogP contribution in [-0.2, 0) is 0 Å². The molecule has 0 aliphatic rings. The van der Waals surface area contributed by atoms with Crippen LogP contribution in [0.2, 0.25) is 0 Å². The lowest BCUT2D eigenvalue weighted by molar-refractivity contribution is 0.665. The molecule has 0 unspecified atom stereocenters. The van der Waals surface area contributed by atoms with E-state index in [1.54, 1.807) is 0 Å². The molecule has 0 atom stereocenters. The second kappa shape index (κ2) is 9.75. The Bertz CT molecular complexity index is 2760. The summed E-state index contributed by atoms with van der Waals surface area (Å²) in [6.07, 6.45) is 0. The number of furan rings is 2. The van der Waals surface area contributed by atoms with Gasteiger partial charge in [-0.15, -0.1) is 0 Å². The van der Waals surface area contributed by atoms with Gasteiger partial charge in [-0.25, -0.2) is 15.0 Å². The lowest BCUT2D eigenvalue weighted by Crippen LogP contribution is -2.00. The minimum atomic E-state index is -0.488. The van der Waals surface area contributed by atoms with Gasteiger partial charge < -0.3 is 8.83 Å². The Kier molecular flexibility index (Phi) is 4.42. The van der Waals surface area contributed by atoms with Crippen LogP contribution in [0.4, 0.5) is 0 Å². The fourth-order valence-electron chi connectivity index (χ4n) is 5.85. The topological polar surface area (TPSA) is 65.0 Å². The highest BCUT2D eigenvalue weighted by Gasteiger charge is 2.21. The van der Waals surface area contributed by atoms with Gasteiger partial charge in [0.1, 0.15) is 22.3 Å². The largest absolute Gasteiger partial charge is 0.455 e. The molecular weight excluding hydrogens is 542 g/mol. The van der Waals surface area contributed by atoms with Crippen LogP contribution >= 0.6 is 0 Å². The highest BCUT2D eigenvalue weighted by molar-refractivity contribution is 6.16. The Hall–Kier alpha value is -6.07. The summed E-state index contributed by atoms with van der Waals surface area (Å²) in [5.74, 6) is 0.491. The first-order valence-corrected chi connectivity index (χ1v) is 14.1. The molecule has 9 aromatic rings. The first-order valence-electron chi connectivity index (χ1n) is 16.6. The van der Waals surface area contributed by atoms with Crippen molar-refractivity contribution in [3.63, 3.8) is 0 Å². The van der Waals surface area contributed by atoms with Crippen molar-refractivity contribution in [3.05, 3.63) is 139 Å². The van der Waals surface area contributed by atoms with Crippen LogP contribution in [-0.4, -0.2) is 15.0 Å². The van der Waals surface area contributed by atoms with Crippen molar-refractivity contribution < 1.29 is 15.7 Å². The smallest absolute Gasteiger partial charge is 0.167 e. The third kappa shape index (κ3) is 3.83. The molecule has 0 spiro atoms. The zero-order valence-corrected chi connectivity index (χ0v) is 23.1. The molecule has 0 aliphatic carbocycles. The molecule has 3 heterocycles. The lowest BCUT2D eigenvalue weighted by atomic mass is 9.99. The number of nitrogens with zero attached hydrogens (tertiary/aromatic N) is 3. The number of hydrogen-bond donors (Lipinski definition) is 0. The molecule has 0 saturated carbocycles. The zero-order chi connectivity index (χ0) is 33.4. The first-order chi connectivity index (χ1) is 23.9. The monoisotopic (exact) mass is 570 g/mol. The predicted molar refractivity (Wildman–Crippen MR) is 176 cm³/mol. The van der Waals surface area contributed by atoms with Gasteiger partial charge in [0.2, 0.25) is 0 Å². The molecule has 0 amide bonds. The summed E-state index contributed by atoms with van der Waals surface area (Å²) in [7, 11) is 0. The average Bonchev–Trinajstić information content (AvgIpc) is 3.72. The van der Waals surface area contributed by atoms with E-state index in [0.717, 1.165) is 43.8 Å². The molecule has 0 bridgehead atoms. The number of fused-ring (bicyclic) bond motifs is 6. The number of aromatic nitrogens is 3. The fraction of sp³-hybridized carbons (Fsp3) is 0. The second-order valence-electron chi connectivity index (χ2n) is 10.4. The normalized spacial score (nSPS) is 13.2. The summed E-state index contributed by atoms with van der Waals surface area (Å²) in [4.78, 5) is 14.2. The Morgan fingerprint density at radius 2 is 0.932 bits per heavy atom. The summed E-state index contributed by atoms with van der Waals surface area (Å²) in [5.41, 5.74) is 5.69. The molecule has 5 nitrogen and oxygen atoms in total. The van der Waals surface area contributed by atoms with Gasteiger partial charge >= 0.3 is 0 Å². The van der Waals surface area contributed by atoms with E-state index in [1.807, 2.05) is 97.1 Å². The van der Waals surface area contributed by atoms with Crippen LogP contribution in [0, 0.1) is 0 Å². The van der Waals surface area contributed by atoms with Crippen molar-refractivity contribution in [2.45, 2.75) is 0 Å². The van der Waals surface area contributed by atoms with Crippen molar-refractivity contribution in [2.75, 3.05) is 0 Å². The summed E-state index contributed by atoms with van der Waals surface area (Å²) in [6.45, 7) is 0. The molecule has 3 aromatic heterocycles. The van der Waals surface area contributed by atoms with Crippen LogP contribution < -0.4 is 0 Å². The molecule has 0 radical (unpaired) electrons. The van der Waals surface area contributed by atoms with Crippen LogP contribution in [0.15, 0.2) is 148 Å². The van der Waals surface area contributed by atoms with Crippen molar-refractivity contribution in [1.29, 1.82) is 0 Å². The van der Waals surface area contributed by atoms with Gasteiger partial charge in [-0.05, 0) is 12.1 Å². The Balaban J connectivity index is 1.30. The number of benzene rings is 6. The Morgan fingerprint density at radius 3 is 1.66 bits per heavy atom. The second-order valence-corrected chi connectivity index (χ2v) is 10.4. The van der Waals surface area contributed by atoms with Gasteiger partial charge in [0.05, 0.1) is 12.4 Å². The Morgan fingerprint density at radius 1 is 0.409 bits per heavy atom. The van der Waals surface area contributed by atoms with E-state index in [0.29, 0.717) is 22.3 Å². The minimum absolute atomic E-state index is 0.0359. The van der Waals surface area contributed by atoms with E-state index in [1.165, 1.54) is 0 Å². The van der Waals surface area contributed by atoms with E-state index in [4.69, 9.17) is 25.7 Å². The maximum atomic E-state index is 8.63. The summed E-state index contributed by atoms with van der Waals surface area (Å²) < 4.78 is 55.0. The predicted octanol–water partition coefficient (Wildman–Crippen LogP) is 10.3. The lowest BCUT2D eigenvalue weighted by Gasteiger charge is -2.08. The molecule has 6 aromatic carbocycles. The maximum Gasteiger partial charge on any atom is 0.167 e. The van der Waals surface area contributed by atoms with Crippen LogP contribution in [0.1, 0.15) is 6.85 Å². The van der Waals surface area contributed by atoms with E-state index >= 15 is 0 Å². The van der Waals surface area contributed by atoms with Crippen molar-refractivity contribution in [3.8, 4) is 45.3 Å². The van der Waals surface area contributed by atoms with Gasteiger partial charge in [-0.3, -0.25) is 0 Å². The molecule has 0 saturated heterocycles. The quantitative estimate of drug-likeness (QED) is 0.211. The standard InChI is InChI=1S/C39H23N3O2/c1-3-12-24(13-4-1)37-40-38(25-14-5-2-6-15-25)42-39(41-37)32-22-11-21-31-30-20-10-19-29(35(30)44-36(31)32)28-18-9-17-27-26-16-7-8-23-33(26)43-34(27)28/h1-23H/i1D,3D,4D,12D,13D. The maximum absolute atomic E-state index is 8.63. The van der Waals surface area contributed by atoms with E-state index in [2.05, 4.69) is 17.1 Å². The third-order valence-electron chi connectivity index (χ3n) is 7.85. The van der Waals surface area contributed by atoms with Gasteiger partial charge in [-0.2, -0.15) is 0 Å². The number of rotatable bonds is 4. The van der Waals surface area contributed by atoms with Gasteiger partial charge in [0, 0.05) is 43.8 Å². The minimum Gasteiger partial charge on any atom is -0.455 e. The van der Waals surface area contributed by atoms with E-state index in [-0.39, 0.29) is 23.0 Å². The molecule has 0 fully saturated rings. The summed E-state index contributed by atoms with van der Waals surface area (Å²) in [5, 5.41) is 3.79. The van der Waals surface area contributed by atoms with Crippen molar-refractivity contribution in [2.24, 2.45) is 0 Å². The van der Waals surface area contributed by atoms with Crippen LogP contribution in [0.25, 0.3) is 89.2 Å². The fourth-order valence-corrected chi connectivity index (χ4v) is 5.85. The summed E-state index contributed by atoms with van der Waals surface area (Å²) >= 11 is 0. The van der Waals surface area contributed by atoms with E-state index < -0.39 is 30.2 Å². The highest BCUT2D eigenvalue weighted by Crippen LogP contribution is 2.42. The molecule has 44 heavy (non-hydrogen) atoms. The number of para-hydroxylation sites is 4. The van der Waals surface area contributed by atoms with Crippen LogP contribution in [0.3, 0.4) is 0 Å². The van der Waals surface area contributed by atoms with Crippen molar-refractivity contribution >= 4 is 43.9 Å². The summed E-state index contributed by atoms with van der Waals surface area (Å²) in [6, 6.07) is 32.9. The molecular formula is C39H23N3O2. The third-order valence-corrected chi connectivity index (χ3v) is 7.85. The van der Waals surface area contributed by atoms with Gasteiger partial charge in [0.25, 0.3) is 0 Å². The van der Waals surface area contributed by atoms with Crippen LogP contribution in [0.5, 0.6) is 0 Å². The molecule has 0 aliphatic heterocycles. The highest BCUT2D eigenvalue weighted by atomic mass is 16.3. The zero-order valence-electron chi connectivity index (χ0n) is 28.1. The molecule has 5 heteroatoms. The number of hydrogen-bond acceptors (Lipinski definition) is 5. The first kappa shape index (κ1) is 19.9. The average molecular weight is 571 g/mol. The molecule has 0 N–H and O–H groups in total. The Labute approximate surface area is 259 Å². The van der Waals surface area contributed by atoms with Gasteiger partial charge in [-0.1, -0.05) is 127 Å². The molecule has 9 rings (SSSR count).